The number of nitrogens with zero attached hydrogens (tertiary/aromatic N) is 2. The van der Waals surface area contributed by atoms with Crippen LogP contribution in [0.4, 0.5) is 18.0 Å². The molecule has 0 radical (unpaired) electrons. The summed E-state index contributed by atoms with van der Waals surface area (Å²) in [7, 11) is 0. The molecule has 0 bridgehead atoms. The van der Waals surface area contributed by atoms with Crippen LogP contribution in [-0.4, -0.2) is 21.8 Å². The Bertz CT molecular complexity index is 1150. The molecule has 1 saturated heterocycles. The molecule has 1 aliphatic rings. The number of benzene rings is 2. The Labute approximate surface area is 179 Å². The van der Waals surface area contributed by atoms with Gasteiger partial charge in [0.25, 0.3) is 5.91 Å². The molecule has 3 amide bonds. The number of hydrogen-bond acceptors (Lipinski definition) is 5. The van der Waals surface area contributed by atoms with E-state index in [1.165, 1.54) is 42.5 Å². The number of ether oxygens (including phenoxy) is 1. The second-order valence-electron chi connectivity index (χ2n) is 7.05. The molecule has 6 nitrogen and oxygen atoms in total. The number of amides is 3. The van der Waals surface area contributed by atoms with Crippen molar-refractivity contribution in [3.05, 3.63) is 81.6 Å². The summed E-state index contributed by atoms with van der Waals surface area (Å²) in [6.45, 7) is 1.32. The van der Waals surface area contributed by atoms with E-state index in [0.29, 0.717) is 16.5 Å². The SMILES string of the molecule is CC1(c2cc(F)ccc2F)NC(=O)N(Cc2csc(COc3ccc(F)cc3)n2)C1=O. The smallest absolute Gasteiger partial charge is 0.325 e. The van der Waals surface area contributed by atoms with E-state index >= 15 is 0 Å². The van der Waals surface area contributed by atoms with Crippen molar-refractivity contribution in [2.24, 2.45) is 0 Å². The molecule has 1 N–H and O–H groups in total. The minimum absolute atomic E-state index is 0.128. The van der Waals surface area contributed by atoms with Gasteiger partial charge >= 0.3 is 6.03 Å². The highest BCUT2D eigenvalue weighted by atomic mass is 32.1. The first-order valence-electron chi connectivity index (χ1n) is 9.17. The predicted octanol–water partition coefficient (Wildman–Crippen LogP) is 4.11. The third-order valence-electron chi connectivity index (χ3n) is 4.84. The van der Waals surface area contributed by atoms with Crippen LogP contribution in [0.3, 0.4) is 0 Å². The number of halogens is 3. The van der Waals surface area contributed by atoms with Gasteiger partial charge in [-0.15, -0.1) is 11.3 Å². The lowest BCUT2D eigenvalue weighted by Gasteiger charge is -2.22. The maximum Gasteiger partial charge on any atom is 0.325 e. The third kappa shape index (κ3) is 4.11. The maximum atomic E-state index is 14.2. The molecule has 31 heavy (non-hydrogen) atoms. The summed E-state index contributed by atoms with van der Waals surface area (Å²) in [6.07, 6.45) is 0. The lowest BCUT2D eigenvalue weighted by molar-refractivity contribution is -0.131. The van der Waals surface area contributed by atoms with Crippen LogP contribution >= 0.6 is 11.3 Å². The monoisotopic (exact) mass is 447 g/mol. The average Bonchev–Trinajstić information content (AvgIpc) is 3.28. The summed E-state index contributed by atoms with van der Waals surface area (Å²) >= 11 is 1.27. The summed E-state index contributed by atoms with van der Waals surface area (Å²) in [6, 6.07) is 7.54. The molecule has 1 atom stereocenters. The van der Waals surface area contributed by atoms with Gasteiger partial charge in [-0.1, -0.05) is 0 Å². The van der Waals surface area contributed by atoms with Gasteiger partial charge in [-0.2, -0.15) is 0 Å². The Hall–Kier alpha value is -3.40. The summed E-state index contributed by atoms with van der Waals surface area (Å²) in [5, 5.41) is 4.70. The maximum absolute atomic E-state index is 14.2. The van der Waals surface area contributed by atoms with E-state index in [9.17, 15) is 22.8 Å². The van der Waals surface area contributed by atoms with Gasteiger partial charge in [0.2, 0.25) is 0 Å². The van der Waals surface area contributed by atoms with Crippen LogP contribution in [-0.2, 0) is 23.5 Å². The van der Waals surface area contributed by atoms with Crippen molar-refractivity contribution >= 4 is 23.3 Å². The lowest BCUT2D eigenvalue weighted by atomic mass is 9.91. The Morgan fingerprint density at radius 1 is 1.10 bits per heavy atom. The Balaban J connectivity index is 1.46. The molecule has 160 valence electrons. The zero-order valence-electron chi connectivity index (χ0n) is 16.2. The van der Waals surface area contributed by atoms with Gasteiger partial charge in [-0.3, -0.25) is 9.69 Å². The number of carbonyl (C=O) groups is 2. The van der Waals surface area contributed by atoms with E-state index in [-0.39, 0.29) is 24.5 Å². The fourth-order valence-electron chi connectivity index (χ4n) is 3.23. The van der Waals surface area contributed by atoms with Crippen molar-refractivity contribution in [3.63, 3.8) is 0 Å². The molecule has 2 aromatic carbocycles. The summed E-state index contributed by atoms with van der Waals surface area (Å²) in [4.78, 5) is 30.6. The van der Waals surface area contributed by atoms with Gasteiger partial charge in [0, 0.05) is 10.9 Å². The minimum Gasteiger partial charge on any atom is -0.486 e. The summed E-state index contributed by atoms with van der Waals surface area (Å²) in [5.41, 5.74) is -1.54. The van der Waals surface area contributed by atoms with E-state index < -0.39 is 29.1 Å². The van der Waals surface area contributed by atoms with Gasteiger partial charge < -0.3 is 10.1 Å². The van der Waals surface area contributed by atoms with E-state index in [2.05, 4.69) is 10.3 Å². The van der Waals surface area contributed by atoms with Crippen molar-refractivity contribution in [1.29, 1.82) is 0 Å². The number of carbonyl (C=O) groups excluding carboxylic acids is 2. The van der Waals surface area contributed by atoms with Gasteiger partial charge in [-0.25, -0.2) is 22.9 Å². The molecule has 0 saturated carbocycles. The predicted molar refractivity (Wildman–Crippen MR) is 106 cm³/mol. The largest absolute Gasteiger partial charge is 0.486 e. The quantitative estimate of drug-likeness (QED) is 0.578. The third-order valence-corrected chi connectivity index (χ3v) is 5.71. The number of aromatic nitrogens is 1. The Morgan fingerprint density at radius 2 is 1.81 bits per heavy atom. The second-order valence-corrected chi connectivity index (χ2v) is 7.99. The van der Waals surface area contributed by atoms with Crippen LogP contribution in [0.5, 0.6) is 5.75 Å². The van der Waals surface area contributed by atoms with Crippen LogP contribution in [0, 0.1) is 17.5 Å². The molecule has 3 aromatic rings. The molecule has 1 aromatic heterocycles. The van der Waals surface area contributed by atoms with Gasteiger partial charge in [0.15, 0.2) is 0 Å². The first-order chi connectivity index (χ1) is 14.8. The molecular weight excluding hydrogens is 431 g/mol. The van der Waals surface area contributed by atoms with Gasteiger partial charge in [-0.05, 0) is 49.4 Å². The average molecular weight is 447 g/mol. The van der Waals surface area contributed by atoms with E-state index in [4.69, 9.17) is 4.74 Å². The highest BCUT2D eigenvalue weighted by molar-refractivity contribution is 7.09. The van der Waals surface area contributed by atoms with E-state index in [1.807, 2.05) is 0 Å². The Morgan fingerprint density at radius 3 is 2.55 bits per heavy atom. The van der Waals surface area contributed by atoms with Gasteiger partial charge in [0.1, 0.15) is 40.4 Å². The minimum atomic E-state index is -1.73. The zero-order chi connectivity index (χ0) is 22.2. The molecule has 0 spiro atoms. The normalized spacial score (nSPS) is 18.4. The zero-order valence-corrected chi connectivity index (χ0v) is 17.0. The van der Waals surface area contributed by atoms with E-state index in [0.717, 1.165) is 23.1 Å². The van der Waals surface area contributed by atoms with Gasteiger partial charge in [0.05, 0.1) is 12.2 Å². The molecule has 2 heterocycles. The summed E-state index contributed by atoms with van der Waals surface area (Å²) in [5.74, 6) is -2.13. The fraction of sp³-hybridized carbons (Fsp3) is 0.190. The van der Waals surface area contributed by atoms with Crippen LogP contribution in [0.1, 0.15) is 23.2 Å². The molecule has 4 rings (SSSR count). The number of nitrogens with one attached hydrogen (secondary N) is 1. The van der Waals surface area contributed by atoms with Crippen LogP contribution < -0.4 is 10.1 Å². The molecule has 10 heteroatoms. The van der Waals surface area contributed by atoms with Crippen molar-refractivity contribution in [3.8, 4) is 5.75 Å². The highest BCUT2D eigenvalue weighted by Crippen LogP contribution is 2.32. The van der Waals surface area contributed by atoms with Crippen molar-refractivity contribution in [2.45, 2.75) is 25.6 Å². The van der Waals surface area contributed by atoms with Crippen LogP contribution in [0.15, 0.2) is 47.8 Å². The second kappa shape index (κ2) is 8.03. The van der Waals surface area contributed by atoms with Crippen LogP contribution in [0.2, 0.25) is 0 Å². The van der Waals surface area contributed by atoms with Crippen molar-refractivity contribution in [1.82, 2.24) is 15.2 Å². The summed E-state index contributed by atoms with van der Waals surface area (Å²) < 4.78 is 46.3. The number of hydrogen-bond donors (Lipinski definition) is 1. The van der Waals surface area contributed by atoms with E-state index in [1.54, 1.807) is 5.38 Å². The fourth-order valence-corrected chi connectivity index (χ4v) is 3.93. The highest BCUT2D eigenvalue weighted by Gasteiger charge is 2.50. The molecular formula is C21H16F3N3O3S. The molecule has 0 aliphatic carbocycles. The number of thiazole rings is 1. The number of urea groups is 1. The topological polar surface area (TPSA) is 71.5 Å². The Kier molecular flexibility index (Phi) is 5.40. The first kappa shape index (κ1) is 20.9. The number of rotatable bonds is 6. The van der Waals surface area contributed by atoms with Crippen molar-refractivity contribution in [2.75, 3.05) is 0 Å². The van der Waals surface area contributed by atoms with Crippen LogP contribution in [0.25, 0.3) is 0 Å². The molecule has 1 fully saturated rings. The molecule has 1 aliphatic heterocycles. The number of imide groups is 1. The first-order valence-corrected chi connectivity index (χ1v) is 10.1. The van der Waals surface area contributed by atoms with Crippen molar-refractivity contribution < 1.29 is 27.5 Å². The molecule has 1 unspecified atom stereocenters. The lowest BCUT2D eigenvalue weighted by Crippen LogP contribution is -2.41. The standard InChI is InChI=1S/C21H16F3N3O3S/c1-21(16-8-13(23)4-7-17(16)24)19(28)27(20(29)26-21)9-14-11-31-18(25-14)10-30-15-5-2-12(22)3-6-15/h2-8,11H,9-10H2,1H3,(H,26,29).